The zero-order valence-electron chi connectivity index (χ0n) is 20.3. The van der Waals surface area contributed by atoms with Crippen molar-refractivity contribution in [2.75, 3.05) is 16.8 Å². The van der Waals surface area contributed by atoms with E-state index >= 15 is 0 Å². The highest BCUT2D eigenvalue weighted by Crippen LogP contribution is 2.32. The summed E-state index contributed by atoms with van der Waals surface area (Å²) in [6.45, 7) is 8.82. The van der Waals surface area contributed by atoms with Gasteiger partial charge in [-0.15, -0.1) is 0 Å². The van der Waals surface area contributed by atoms with E-state index in [0.717, 1.165) is 17.7 Å². The number of benzene rings is 2. The molecule has 3 N–H and O–H groups in total. The van der Waals surface area contributed by atoms with Crippen molar-refractivity contribution >= 4 is 23.4 Å². The summed E-state index contributed by atoms with van der Waals surface area (Å²) in [6.07, 6.45) is 0.626. The second kappa shape index (κ2) is 10.8. The monoisotopic (exact) mass is 471 g/mol. The van der Waals surface area contributed by atoms with Crippen LogP contribution in [-0.2, 0) is 6.54 Å². The van der Waals surface area contributed by atoms with Crippen LogP contribution in [0.4, 0.5) is 16.2 Å². The van der Waals surface area contributed by atoms with E-state index in [1.807, 2.05) is 13.0 Å². The number of rotatable bonds is 7. The number of nitrogens with zero attached hydrogens (tertiary/aromatic N) is 3. The number of carbonyl (C=O) groups excluding carboxylic acids is 1. The molecule has 0 spiro atoms. The molecule has 3 aromatic rings. The highest BCUT2D eigenvalue weighted by atomic mass is 16.4. The minimum Gasteiger partial charge on any atom is -0.465 e. The zero-order chi connectivity index (χ0) is 25.6. The molecule has 0 unspecified atom stereocenters. The van der Waals surface area contributed by atoms with E-state index in [9.17, 15) is 20.0 Å². The van der Waals surface area contributed by atoms with Gasteiger partial charge in [-0.25, -0.2) is 4.79 Å². The van der Waals surface area contributed by atoms with Gasteiger partial charge in [-0.05, 0) is 63.2 Å². The quantitative estimate of drug-likeness (QED) is 0.432. The molecular weight excluding hydrogens is 442 g/mol. The third-order valence-electron chi connectivity index (χ3n) is 5.32. The number of amides is 2. The van der Waals surface area contributed by atoms with Crippen LogP contribution in [-0.4, -0.2) is 34.2 Å². The predicted octanol–water partition coefficient (Wildman–Crippen LogP) is 5.26. The molecule has 8 heteroatoms. The fourth-order valence-electron chi connectivity index (χ4n) is 3.69. The summed E-state index contributed by atoms with van der Waals surface area (Å²) in [6, 6.07) is 17.6. The molecule has 0 aliphatic rings. The Morgan fingerprint density at radius 3 is 2.40 bits per heavy atom. The maximum absolute atomic E-state index is 13.0. The zero-order valence-corrected chi connectivity index (χ0v) is 20.3. The Morgan fingerprint density at radius 1 is 1.11 bits per heavy atom. The van der Waals surface area contributed by atoms with Gasteiger partial charge >= 0.3 is 6.09 Å². The van der Waals surface area contributed by atoms with Gasteiger partial charge in [-0.3, -0.25) is 14.7 Å². The van der Waals surface area contributed by atoms with Crippen LogP contribution >= 0.6 is 0 Å². The number of hydrogen-bond donors (Lipinski definition) is 3. The number of carboxylic acid groups (broad SMARTS) is 1. The second-order valence-corrected chi connectivity index (χ2v) is 8.97. The molecule has 0 fully saturated rings. The second-order valence-electron chi connectivity index (χ2n) is 8.97. The van der Waals surface area contributed by atoms with Gasteiger partial charge in [0.1, 0.15) is 6.07 Å². The maximum atomic E-state index is 13.0. The summed E-state index contributed by atoms with van der Waals surface area (Å²) in [7, 11) is 0. The first kappa shape index (κ1) is 25.4. The van der Waals surface area contributed by atoms with E-state index in [0.29, 0.717) is 34.7 Å². The van der Waals surface area contributed by atoms with Gasteiger partial charge in [0.2, 0.25) is 0 Å². The highest BCUT2D eigenvalue weighted by molar-refractivity contribution is 6.07. The van der Waals surface area contributed by atoms with Crippen molar-refractivity contribution in [3.8, 4) is 17.3 Å². The molecule has 0 saturated heterocycles. The van der Waals surface area contributed by atoms with Crippen LogP contribution in [0, 0.1) is 11.3 Å². The third kappa shape index (κ3) is 6.02. The fraction of sp³-hybridized carbons (Fsp3) is 0.259. The predicted molar refractivity (Wildman–Crippen MR) is 136 cm³/mol. The molecule has 1 heterocycles. The van der Waals surface area contributed by atoms with Crippen LogP contribution in [0.3, 0.4) is 0 Å². The van der Waals surface area contributed by atoms with E-state index in [4.69, 9.17) is 0 Å². The summed E-state index contributed by atoms with van der Waals surface area (Å²) < 4.78 is 0. The number of hydrogen-bond acceptors (Lipinski definition) is 5. The summed E-state index contributed by atoms with van der Waals surface area (Å²) >= 11 is 0. The molecule has 2 amide bonds. The van der Waals surface area contributed by atoms with Crippen LogP contribution in [0.5, 0.6) is 0 Å². The SMILES string of the molecule is CCNCc1cnc(-c2ccc(C(=O)Nc3ccccc3N(C(=O)O)C(C)(C)C)cc2)c(C#N)c1. The first-order valence-corrected chi connectivity index (χ1v) is 11.3. The molecule has 180 valence electrons. The minimum absolute atomic E-state index is 0.377. The minimum atomic E-state index is -1.11. The molecule has 0 saturated carbocycles. The summed E-state index contributed by atoms with van der Waals surface area (Å²) in [5.74, 6) is -0.377. The summed E-state index contributed by atoms with van der Waals surface area (Å²) in [5.41, 5.74) is 3.12. The lowest BCUT2D eigenvalue weighted by molar-refractivity contribution is 0.102. The number of nitriles is 1. The topological polar surface area (TPSA) is 118 Å². The Bertz CT molecular complexity index is 1260. The number of anilines is 2. The molecule has 0 aliphatic carbocycles. The molecule has 2 aromatic carbocycles. The van der Waals surface area contributed by atoms with Crippen molar-refractivity contribution in [2.24, 2.45) is 0 Å². The van der Waals surface area contributed by atoms with E-state index in [1.165, 1.54) is 4.90 Å². The normalized spacial score (nSPS) is 10.9. The molecule has 0 radical (unpaired) electrons. The van der Waals surface area contributed by atoms with Crippen molar-refractivity contribution in [2.45, 2.75) is 39.8 Å². The van der Waals surface area contributed by atoms with E-state index in [2.05, 4.69) is 21.7 Å². The maximum Gasteiger partial charge on any atom is 0.412 e. The van der Waals surface area contributed by atoms with Crippen molar-refractivity contribution in [3.63, 3.8) is 0 Å². The van der Waals surface area contributed by atoms with Crippen molar-refractivity contribution in [3.05, 3.63) is 77.5 Å². The van der Waals surface area contributed by atoms with Gasteiger partial charge in [-0.2, -0.15) is 5.26 Å². The summed E-state index contributed by atoms with van der Waals surface area (Å²) in [4.78, 5) is 30.6. The number of aromatic nitrogens is 1. The molecule has 3 rings (SSSR count). The smallest absolute Gasteiger partial charge is 0.412 e. The van der Waals surface area contributed by atoms with Gasteiger partial charge in [0.25, 0.3) is 5.91 Å². The average Bonchev–Trinajstić information content (AvgIpc) is 2.82. The van der Waals surface area contributed by atoms with Crippen molar-refractivity contribution in [1.82, 2.24) is 10.3 Å². The molecule has 35 heavy (non-hydrogen) atoms. The van der Waals surface area contributed by atoms with E-state index in [-0.39, 0.29) is 5.91 Å². The van der Waals surface area contributed by atoms with Crippen LogP contribution in [0.1, 0.15) is 49.2 Å². The summed E-state index contributed by atoms with van der Waals surface area (Å²) in [5, 5.41) is 25.4. The number of carbonyl (C=O) groups is 2. The van der Waals surface area contributed by atoms with Crippen LogP contribution in [0.25, 0.3) is 11.3 Å². The van der Waals surface area contributed by atoms with Gasteiger partial charge in [0.05, 0.1) is 22.6 Å². The Balaban J connectivity index is 1.84. The molecule has 0 bridgehead atoms. The lowest BCUT2D eigenvalue weighted by Gasteiger charge is -2.34. The highest BCUT2D eigenvalue weighted by Gasteiger charge is 2.30. The van der Waals surface area contributed by atoms with Crippen molar-refractivity contribution < 1.29 is 14.7 Å². The van der Waals surface area contributed by atoms with Crippen LogP contribution in [0.2, 0.25) is 0 Å². The molecular formula is C27H29N5O3. The molecule has 0 atom stereocenters. The Hall–Kier alpha value is -4.22. The van der Waals surface area contributed by atoms with Crippen LogP contribution < -0.4 is 15.5 Å². The van der Waals surface area contributed by atoms with E-state index < -0.39 is 11.6 Å². The lowest BCUT2D eigenvalue weighted by atomic mass is 10.0. The number of nitrogens with one attached hydrogen (secondary N) is 2. The first-order chi connectivity index (χ1) is 16.7. The molecule has 1 aromatic heterocycles. The Morgan fingerprint density at radius 2 is 1.80 bits per heavy atom. The Labute approximate surface area is 205 Å². The number of pyridine rings is 1. The first-order valence-electron chi connectivity index (χ1n) is 11.3. The van der Waals surface area contributed by atoms with E-state index in [1.54, 1.807) is 75.5 Å². The van der Waals surface area contributed by atoms with Gasteiger partial charge < -0.3 is 15.7 Å². The largest absolute Gasteiger partial charge is 0.465 e. The molecule has 0 aliphatic heterocycles. The third-order valence-corrected chi connectivity index (χ3v) is 5.32. The molecule has 8 nitrogen and oxygen atoms in total. The lowest BCUT2D eigenvalue weighted by Crippen LogP contribution is -2.45. The van der Waals surface area contributed by atoms with Crippen molar-refractivity contribution in [1.29, 1.82) is 5.26 Å². The van der Waals surface area contributed by atoms with Gasteiger partial charge in [0.15, 0.2) is 0 Å². The van der Waals surface area contributed by atoms with Gasteiger partial charge in [-0.1, -0.05) is 31.2 Å². The fourth-order valence-corrected chi connectivity index (χ4v) is 3.69. The standard InChI is InChI=1S/C27H29N5O3/c1-5-29-16-18-14-21(15-28)24(30-17-18)19-10-12-20(13-11-19)25(33)31-22-8-6-7-9-23(22)32(26(34)35)27(2,3)4/h6-14,17,29H,5,16H2,1-4H3,(H,31,33)(H,34,35). The Kier molecular flexibility index (Phi) is 7.84. The average molecular weight is 472 g/mol. The van der Waals surface area contributed by atoms with Crippen LogP contribution in [0.15, 0.2) is 60.8 Å². The van der Waals surface area contributed by atoms with Gasteiger partial charge in [0, 0.05) is 29.4 Å². The number of para-hydroxylation sites is 2.